The minimum Gasteiger partial charge on any atom is -0.747 e. The number of halogens is 1. The summed E-state index contributed by atoms with van der Waals surface area (Å²) in [6.07, 6.45) is 1.81. The van der Waals surface area contributed by atoms with Gasteiger partial charge in [-0.15, -0.1) is 0 Å². The van der Waals surface area contributed by atoms with Crippen molar-refractivity contribution in [1.29, 1.82) is 0 Å². The summed E-state index contributed by atoms with van der Waals surface area (Å²) >= 11 is 4.99. The molecule has 1 aliphatic rings. The highest BCUT2D eigenvalue weighted by Gasteiger charge is 2.30. The van der Waals surface area contributed by atoms with E-state index in [9.17, 15) is 13.0 Å². The zero-order valence-corrected chi connectivity index (χ0v) is 19.6. The van der Waals surface area contributed by atoms with Crippen molar-refractivity contribution in [3.8, 4) is 5.75 Å². The van der Waals surface area contributed by atoms with Gasteiger partial charge in [0.25, 0.3) is 5.01 Å². The third-order valence-electron chi connectivity index (χ3n) is 5.16. The number of nitrogens with zero attached hydrogens (tertiary/aromatic N) is 2. The monoisotopic (exact) mass is 516 g/mol. The Balaban J connectivity index is 1.69. The van der Waals surface area contributed by atoms with Crippen molar-refractivity contribution in [2.45, 2.75) is 13.5 Å². The van der Waals surface area contributed by atoms with Crippen LogP contribution in [0, 0.1) is 0 Å². The lowest BCUT2D eigenvalue weighted by Gasteiger charge is -2.19. The second kappa shape index (κ2) is 7.59. The van der Waals surface area contributed by atoms with Crippen LogP contribution in [0.4, 0.5) is 5.69 Å². The first-order valence-electron chi connectivity index (χ1n) is 9.58. The van der Waals surface area contributed by atoms with E-state index in [4.69, 9.17) is 4.74 Å². The Hall–Kier alpha value is -2.46. The number of rotatable bonds is 4. The Morgan fingerprint density at radius 2 is 2.00 bits per heavy atom. The van der Waals surface area contributed by atoms with E-state index in [-0.39, 0.29) is 0 Å². The van der Waals surface area contributed by atoms with Crippen molar-refractivity contribution in [2.75, 3.05) is 10.8 Å². The van der Waals surface area contributed by atoms with Crippen molar-refractivity contribution in [1.82, 2.24) is 0 Å². The molecule has 9 heteroatoms. The minimum atomic E-state index is -4.52. The van der Waals surface area contributed by atoms with Crippen molar-refractivity contribution >= 4 is 70.1 Å². The van der Waals surface area contributed by atoms with Crippen LogP contribution in [0.1, 0.15) is 11.9 Å². The summed E-state index contributed by atoms with van der Waals surface area (Å²) in [5.74, 6) is 0.112. The van der Waals surface area contributed by atoms with Crippen molar-refractivity contribution in [2.24, 2.45) is 0 Å². The first-order chi connectivity index (χ1) is 14.8. The predicted molar refractivity (Wildman–Crippen MR) is 125 cm³/mol. The van der Waals surface area contributed by atoms with Gasteiger partial charge in [-0.2, -0.15) is 4.57 Å². The van der Waals surface area contributed by atoms with E-state index < -0.39 is 16.0 Å². The van der Waals surface area contributed by atoms with Crippen LogP contribution in [0.5, 0.6) is 5.75 Å². The molecule has 0 radical (unpaired) electrons. The SMILES string of the molecule is CC[n+]1c(C=C2Oc3ccc(Br)cc3N2CS(=O)(=O)[O-])sc2ccc3ccccc3c21. The molecule has 0 fully saturated rings. The van der Waals surface area contributed by atoms with E-state index in [2.05, 4.69) is 51.7 Å². The van der Waals surface area contributed by atoms with Crippen LogP contribution in [0.15, 0.2) is 65.0 Å². The Kier molecular flexibility index (Phi) is 5.01. The molecule has 31 heavy (non-hydrogen) atoms. The minimum absolute atomic E-state index is 0.311. The highest BCUT2D eigenvalue weighted by atomic mass is 79.9. The highest BCUT2D eigenvalue weighted by Crippen LogP contribution is 2.42. The molecule has 0 spiro atoms. The average Bonchev–Trinajstić information content (AvgIpc) is 3.25. The van der Waals surface area contributed by atoms with E-state index in [1.165, 1.54) is 4.90 Å². The van der Waals surface area contributed by atoms with Crippen molar-refractivity contribution in [3.63, 3.8) is 0 Å². The second-order valence-corrected chi connectivity index (χ2v) is 10.5. The Labute approximate surface area is 191 Å². The normalized spacial score (nSPS) is 15.1. The van der Waals surface area contributed by atoms with Gasteiger partial charge in [-0.1, -0.05) is 51.5 Å². The molecule has 5 rings (SSSR count). The fourth-order valence-corrected chi connectivity index (χ4v) is 5.97. The number of aryl methyl sites for hydroxylation is 1. The van der Waals surface area contributed by atoms with Gasteiger partial charge in [-0.05, 0) is 42.6 Å². The zero-order chi connectivity index (χ0) is 21.8. The topological polar surface area (TPSA) is 73.5 Å². The largest absolute Gasteiger partial charge is 0.747 e. The quantitative estimate of drug-likeness (QED) is 0.287. The Bertz CT molecular complexity index is 1480. The maximum atomic E-state index is 11.6. The van der Waals surface area contributed by atoms with E-state index >= 15 is 0 Å². The lowest BCUT2D eigenvalue weighted by atomic mass is 10.1. The van der Waals surface area contributed by atoms with E-state index in [0.29, 0.717) is 17.3 Å². The van der Waals surface area contributed by atoms with E-state index in [1.54, 1.807) is 23.5 Å². The molecule has 0 aliphatic carbocycles. The Morgan fingerprint density at radius 1 is 1.19 bits per heavy atom. The summed E-state index contributed by atoms with van der Waals surface area (Å²) in [7, 11) is -4.52. The molecular weight excluding hydrogens is 500 g/mol. The van der Waals surface area contributed by atoms with Crippen LogP contribution >= 0.6 is 27.3 Å². The van der Waals surface area contributed by atoms with E-state index in [1.807, 2.05) is 24.3 Å². The molecule has 1 aromatic heterocycles. The summed E-state index contributed by atoms with van der Waals surface area (Å²) in [6.45, 7) is 2.79. The van der Waals surface area contributed by atoms with Crippen LogP contribution in [0.3, 0.4) is 0 Å². The van der Waals surface area contributed by atoms with Gasteiger partial charge < -0.3 is 9.29 Å². The van der Waals surface area contributed by atoms with Gasteiger partial charge in [0.05, 0.1) is 17.1 Å². The number of benzene rings is 3. The number of thiazole rings is 1. The summed E-state index contributed by atoms with van der Waals surface area (Å²) in [6, 6.07) is 17.7. The van der Waals surface area contributed by atoms with Gasteiger partial charge in [0.15, 0.2) is 5.75 Å². The fourth-order valence-electron chi connectivity index (χ4n) is 3.87. The van der Waals surface area contributed by atoms with Gasteiger partial charge in [0, 0.05) is 4.47 Å². The predicted octanol–water partition coefficient (Wildman–Crippen LogP) is 4.82. The molecule has 0 amide bonds. The van der Waals surface area contributed by atoms with Crippen molar-refractivity contribution in [3.05, 3.63) is 70.0 Å². The smallest absolute Gasteiger partial charge is 0.268 e. The maximum absolute atomic E-state index is 11.6. The van der Waals surface area contributed by atoms with E-state index in [0.717, 1.165) is 37.0 Å². The van der Waals surface area contributed by atoms with Gasteiger partial charge >= 0.3 is 0 Å². The average molecular weight is 517 g/mol. The number of aromatic nitrogens is 1. The zero-order valence-electron chi connectivity index (χ0n) is 16.4. The molecule has 3 aromatic carbocycles. The van der Waals surface area contributed by atoms with Gasteiger partial charge in [0.1, 0.15) is 27.2 Å². The van der Waals surface area contributed by atoms with Crippen LogP contribution in [0.2, 0.25) is 0 Å². The maximum Gasteiger partial charge on any atom is 0.268 e. The van der Waals surface area contributed by atoms with Crippen LogP contribution in [0.25, 0.3) is 27.1 Å². The number of anilines is 1. The molecule has 1 aliphatic heterocycles. The standard InChI is InChI=1S/C22H17BrN2O4S2/c1-2-24-21(30-19-10-7-14-5-3-4-6-16(14)22(19)24)12-20-25(13-31(26,27)28)17-11-15(23)8-9-18(17)29-20/h3-12H,2,13H2,1H3. The molecule has 0 saturated carbocycles. The Morgan fingerprint density at radius 3 is 2.77 bits per heavy atom. The molecule has 0 bridgehead atoms. The molecule has 4 aromatic rings. The molecule has 0 N–H and O–H groups in total. The number of hydrogen-bond acceptors (Lipinski definition) is 6. The van der Waals surface area contributed by atoms with Crippen LogP contribution in [-0.4, -0.2) is 18.8 Å². The van der Waals surface area contributed by atoms with Crippen molar-refractivity contribution < 1.29 is 22.3 Å². The molecule has 158 valence electrons. The molecule has 0 atom stereocenters. The number of ether oxygens (including phenoxy) is 1. The highest BCUT2D eigenvalue weighted by molar-refractivity contribution is 9.10. The summed E-state index contributed by atoms with van der Waals surface area (Å²) < 4.78 is 44.8. The third-order valence-corrected chi connectivity index (χ3v) is 7.32. The number of hydrogen-bond donors (Lipinski definition) is 0. The lowest BCUT2D eigenvalue weighted by molar-refractivity contribution is -0.664. The second-order valence-electron chi connectivity index (χ2n) is 7.13. The number of fused-ring (bicyclic) bond motifs is 4. The van der Waals surface area contributed by atoms with Gasteiger partial charge in [-0.25, -0.2) is 8.42 Å². The lowest BCUT2D eigenvalue weighted by Crippen LogP contribution is -2.34. The molecule has 0 saturated heterocycles. The fraction of sp³-hybridized carbons (Fsp3) is 0.136. The first-order valence-corrected chi connectivity index (χ1v) is 12.8. The molecule has 6 nitrogen and oxygen atoms in total. The van der Waals surface area contributed by atoms with Crippen LogP contribution in [-0.2, 0) is 16.7 Å². The summed E-state index contributed by atoms with van der Waals surface area (Å²) in [4.78, 5) is 1.41. The third kappa shape index (κ3) is 3.71. The molecular formula is C22H17BrN2O4S2. The van der Waals surface area contributed by atoms with Gasteiger partial charge in [-0.3, -0.25) is 4.90 Å². The molecule has 2 heterocycles. The summed E-state index contributed by atoms with van der Waals surface area (Å²) in [5, 5.41) is 3.22. The first kappa shape index (κ1) is 20.4. The summed E-state index contributed by atoms with van der Waals surface area (Å²) in [5.41, 5.74) is 1.66. The molecule has 0 unspecified atom stereocenters. The van der Waals surface area contributed by atoms with Crippen LogP contribution < -0.4 is 14.2 Å². The van der Waals surface area contributed by atoms with Gasteiger partial charge in [0.2, 0.25) is 11.4 Å².